The fourth-order valence-corrected chi connectivity index (χ4v) is 5.24. The molecule has 0 heterocycles. The molecular formula is C25H50. The van der Waals surface area contributed by atoms with Gasteiger partial charge in [-0.2, -0.15) is 0 Å². The number of hydrogen-bond acceptors (Lipinski definition) is 0. The van der Waals surface area contributed by atoms with Crippen LogP contribution in [0, 0.1) is 47.3 Å². The van der Waals surface area contributed by atoms with Gasteiger partial charge in [-0.3, -0.25) is 0 Å². The Hall–Kier alpha value is 0. The molecule has 0 amide bonds. The van der Waals surface area contributed by atoms with Gasteiger partial charge >= 0.3 is 0 Å². The van der Waals surface area contributed by atoms with Crippen LogP contribution in [-0.2, 0) is 0 Å². The standard InChI is InChI=1S/C13H26.C12H24/c1-10(2)9-12-5-7-13(8-6-12)11(3)4;1-9(2)11-5-7-12(8-6-11)10(3)4/h10-13H,5-9H2,1-4H3;9-12H,5-8H2,1-4H3. The van der Waals surface area contributed by atoms with Crippen molar-refractivity contribution in [3.63, 3.8) is 0 Å². The van der Waals surface area contributed by atoms with Gasteiger partial charge in [0.15, 0.2) is 0 Å². The van der Waals surface area contributed by atoms with Gasteiger partial charge < -0.3 is 0 Å². The largest absolute Gasteiger partial charge is 0.0628 e. The second-order valence-electron chi connectivity index (χ2n) is 10.8. The maximum absolute atomic E-state index is 2.38. The molecule has 2 rings (SSSR count). The van der Waals surface area contributed by atoms with Gasteiger partial charge in [0.05, 0.1) is 0 Å². The molecule has 0 aromatic carbocycles. The Labute approximate surface area is 160 Å². The van der Waals surface area contributed by atoms with Crippen LogP contribution in [0.3, 0.4) is 0 Å². The Kier molecular flexibility index (Phi) is 10.7. The van der Waals surface area contributed by atoms with E-state index < -0.39 is 0 Å². The van der Waals surface area contributed by atoms with Gasteiger partial charge in [-0.15, -0.1) is 0 Å². The van der Waals surface area contributed by atoms with Gasteiger partial charge in [0.1, 0.15) is 0 Å². The molecule has 0 spiro atoms. The molecule has 2 aliphatic rings. The fraction of sp³-hybridized carbons (Fsp3) is 1.00. The highest BCUT2D eigenvalue weighted by Gasteiger charge is 2.25. The normalized spacial score (nSPS) is 30.7. The molecule has 0 unspecified atom stereocenters. The van der Waals surface area contributed by atoms with Crippen molar-refractivity contribution in [2.75, 3.05) is 0 Å². The fourth-order valence-electron chi connectivity index (χ4n) is 5.24. The summed E-state index contributed by atoms with van der Waals surface area (Å²) in [6, 6.07) is 0. The zero-order valence-corrected chi connectivity index (χ0v) is 19.0. The molecule has 0 aromatic rings. The van der Waals surface area contributed by atoms with Crippen molar-refractivity contribution in [2.45, 2.75) is 113 Å². The van der Waals surface area contributed by atoms with Crippen molar-refractivity contribution in [1.29, 1.82) is 0 Å². The molecule has 0 aromatic heterocycles. The van der Waals surface area contributed by atoms with Crippen molar-refractivity contribution < 1.29 is 0 Å². The van der Waals surface area contributed by atoms with Crippen molar-refractivity contribution in [3.05, 3.63) is 0 Å². The minimum atomic E-state index is 0.903. The summed E-state index contributed by atoms with van der Waals surface area (Å²) in [5.41, 5.74) is 0. The first-order valence-electron chi connectivity index (χ1n) is 11.7. The van der Waals surface area contributed by atoms with Crippen molar-refractivity contribution in [3.8, 4) is 0 Å². The summed E-state index contributed by atoms with van der Waals surface area (Å²) in [5, 5.41) is 0. The zero-order valence-electron chi connectivity index (χ0n) is 19.0. The smallest absolute Gasteiger partial charge is 0.0391 e. The first kappa shape index (κ1) is 23.0. The van der Waals surface area contributed by atoms with Gasteiger partial charge in [-0.1, -0.05) is 68.2 Å². The topological polar surface area (TPSA) is 0 Å². The lowest BCUT2D eigenvalue weighted by Gasteiger charge is -2.32. The molecule has 0 bridgehead atoms. The summed E-state index contributed by atoms with van der Waals surface area (Å²) in [4.78, 5) is 0. The Morgan fingerprint density at radius 1 is 0.480 bits per heavy atom. The zero-order chi connectivity index (χ0) is 19.0. The molecule has 0 atom stereocenters. The van der Waals surface area contributed by atoms with E-state index in [2.05, 4.69) is 55.4 Å². The van der Waals surface area contributed by atoms with E-state index in [0.29, 0.717) is 0 Å². The molecule has 0 nitrogen and oxygen atoms in total. The summed E-state index contributed by atoms with van der Waals surface area (Å²) < 4.78 is 0. The Bertz CT molecular complexity index is 293. The van der Waals surface area contributed by atoms with Crippen LogP contribution in [0.2, 0.25) is 0 Å². The van der Waals surface area contributed by atoms with Gasteiger partial charge in [-0.05, 0) is 92.3 Å². The van der Waals surface area contributed by atoms with E-state index in [4.69, 9.17) is 0 Å². The Balaban J connectivity index is 0.000000251. The molecule has 0 aliphatic heterocycles. The summed E-state index contributed by atoms with van der Waals surface area (Å²) in [5.74, 6) is 7.79. The Morgan fingerprint density at radius 3 is 1.00 bits per heavy atom. The molecule has 0 heteroatoms. The van der Waals surface area contributed by atoms with Crippen LogP contribution in [0.25, 0.3) is 0 Å². The SMILES string of the molecule is CC(C)C1CCC(C(C)C)CC1.CC(C)CC1CCC(C(C)C)CC1. The number of rotatable bonds is 5. The average Bonchev–Trinajstić information content (AvgIpc) is 2.55. The minimum absolute atomic E-state index is 0.903. The molecule has 150 valence electrons. The molecule has 0 saturated heterocycles. The van der Waals surface area contributed by atoms with E-state index in [1.807, 2.05) is 0 Å². The van der Waals surface area contributed by atoms with E-state index in [1.165, 1.54) is 57.8 Å². The van der Waals surface area contributed by atoms with E-state index in [9.17, 15) is 0 Å². The lowest BCUT2D eigenvalue weighted by atomic mass is 9.73. The number of hydrogen-bond donors (Lipinski definition) is 0. The van der Waals surface area contributed by atoms with Crippen LogP contribution >= 0.6 is 0 Å². The van der Waals surface area contributed by atoms with Crippen molar-refractivity contribution in [2.24, 2.45) is 47.3 Å². The lowest BCUT2D eigenvalue weighted by Crippen LogP contribution is -2.21. The van der Waals surface area contributed by atoms with E-state index in [0.717, 1.165) is 47.3 Å². The van der Waals surface area contributed by atoms with Crippen LogP contribution in [0.4, 0.5) is 0 Å². The van der Waals surface area contributed by atoms with Crippen LogP contribution in [0.1, 0.15) is 113 Å². The molecule has 25 heavy (non-hydrogen) atoms. The third-order valence-corrected chi connectivity index (χ3v) is 7.34. The minimum Gasteiger partial charge on any atom is -0.0628 e. The van der Waals surface area contributed by atoms with E-state index in [-0.39, 0.29) is 0 Å². The van der Waals surface area contributed by atoms with Crippen LogP contribution < -0.4 is 0 Å². The maximum atomic E-state index is 2.38. The van der Waals surface area contributed by atoms with Gasteiger partial charge in [-0.25, -0.2) is 0 Å². The second kappa shape index (κ2) is 11.7. The van der Waals surface area contributed by atoms with Gasteiger partial charge in [0.2, 0.25) is 0 Å². The predicted molar refractivity (Wildman–Crippen MR) is 115 cm³/mol. The van der Waals surface area contributed by atoms with Gasteiger partial charge in [0.25, 0.3) is 0 Å². The Morgan fingerprint density at radius 2 is 0.760 bits per heavy atom. The second-order valence-corrected chi connectivity index (χ2v) is 10.8. The maximum Gasteiger partial charge on any atom is -0.0391 e. The lowest BCUT2D eigenvalue weighted by molar-refractivity contribution is 0.189. The summed E-state index contributed by atoms with van der Waals surface area (Å²) in [6.07, 6.45) is 13.4. The highest BCUT2D eigenvalue weighted by atomic mass is 14.3. The third-order valence-electron chi connectivity index (χ3n) is 7.34. The third kappa shape index (κ3) is 8.96. The van der Waals surface area contributed by atoms with Crippen LogP contribution in [-0.4, -0.2) is 0 Å². The van der Waals surface area contributed by atoms with Crippen molar-refractivity contribution >= 4 is 0 Å². The first-order chi connectivity index (χ1) is 11.7. The van der Waals surface area contributed by atoms with E-state index >= 15 is 0 Å². The molecule has 2 fully saturated rings. The molecule has 0 radical (unpaired) electrons. The monoisotopic (exact) mass is 350 g/mol. The van der Waals surface area contributed by atoms with Crippen LogP contribution in [0.5, 0.6) is 0 Å². The van der Waals surface area contributed by atoms with Crippen LogP contribution in [0.15, 0.2) is 0 Å². The molecule has 2 saturated carbocycles. The highest BCUT2D eigenvalue weighted by molar-refractivity contribution is 4.76. The molecule has 0 N–H and O–H groups in total. The summed E-state index contributed by atoms with van der Waals surface area (Å²) in [6.45, 7) is 19.0. The average molecular weight is 351 g/mol. The highest BCUT2D eigenvalue weighted by Crippen LogP contribution is 2.37. The summed E-state index contributed by atoms with van der Waals surface area (Å²) in [7, 11) is 0. The molecular weight excluding hydrogens is 300 g/mol. The predicted octanol–water partition coefficient (Wildman–Crippen LogP) is 8.60. The molecule has 2 aliphatic carbocycles. The van der Waals surface area contributed by atoms with E-state index in [1.54, 1.807) is 0 Å². The first-order valence-corrected chi connectivity index (χ1v) is 11.7. The quantitative estimate of drug-likeness (QED) is 0.465. The van der Waals surface area contributed by atoms with Gasteiger partial charge in [0, 0.05) is 0 Å². The van der Waals surface area contributed by atoms with Crippen molar-refractivity contribution in [1.82, 2.24) is 0 Å². The summed E-state index contributed by atoms with van der Waals surface area (Å²) >= 11 is 0.